The van der Waals surface area contributed by atoms with Gasteiger partial charge >= 0.3 is 0 Å². The minimum Gasteiger partial charge on any atom is -0.272 e. The van der Waals surface area contributed by atoms with Gasteiger partial charge in [0, 0.05) is 18.3 Å². The zero-order valence-corrected chi connectivity index (χ0v) is 12.4. The Labute approximate surface area is 124 Å². The lowest BCUT2D eigenvalue weighted by Crippen LogP contribution is -2.03. The van der Waals surface area contributed by atoms with Crippen LogP contribution in [0.3, 0.4) is 0 Å². The lowest BCUT2D eigenvalue weighted by molar-refractivity contribution is 0.143. The quantitative estimate of drug-likeness (QED) is 0.729. The van der Waals surface area contributed by atoms with Crippen LogP contribution in [-0.4, -0.2) is 24.4 Å². The summed E-state index contributed by atoms with van der Waals surface area (Å²) in [6, 6.07) is 1.32. The molecule has 0 aliphatic carbocycles. The van der Waals surface area contributed by atoms with Gasteiger partial charge in [-0.2, -0.15) is 10.2 Å². The van der Waals surface area contributed by atoms with Crippen molar-refractivity contribution in [3.63, 3.8) is 0 Å². The van der Waals surface area contributed by atoms with E-state index in [0.29, 0.717) is 17.0 Å². The van der Waals surface area contributed by atoms with E-state index >= 15 is 0 Å². The number of rotatable bonds is 2. The second-order valence-corrected chi connectivity index (χ2v) is 5.15. The van der Waals surface area contributed by atoms with E-state index in [1.807, 2.05) is 6.92 Å². The van der Waals surface area contributed by atoms with Crippen LogP contribution in [0.2, 0.25) is 5.02 Å². The first kappa shape index (κ1) is 13.9. The SMILES string of the molecule is Cc1nn2c(C(F)F)cc(-c3cnn(C)c3C)nc2c1Cl. The zero-order valence-electron chi connectivity index (χ0n) is 11.6. The molecule has 0 fully saturated rings. The van der Waals surface area contributed by atoms with E-state index in [9.17, 15) is 8.78 Å². The number of alkyl halides is 2. The number of aromatic nitrogens is 5. The van der Waals surface area contributed by atoms with Crippen molar-refractivity contribution in [3.8, 4) is 11.3 Å². The van der Waals surface area contributed by atoms with Gasteiger partial charge in [0.1, 0.15) is 10.7 Å². The monoisotopic (exact) mass is 311 g/mol. The molecular formula is C13H12ClF2N5. The molecule has 0 atom stereocenters. The third kappa shape index (κ3) is 2.08. The minimum atomic E-state index is -2.68. The Hall–Kier alpha value is -2.02. The highest BCUT2D eigenvalue weighted by Crippen LogP contribution is 2.30. The van der Waals surface area contributed by atoms with Crippen LogP contribution in [0.15, 0.2) is 12.3 Å². The number of hydrogen-bond donors (Lipinski definition) is 0. The van der Waals surface area contributed by atoms with Gasteiger partial charge in [-0.1, -0.05) is 11.6 Å². The van der Waals surface area contributed by atoms with E-state index in [0.717, 1.165) is 10.2 Å². The number of hydrogen-bond acceptors (Lipinski definition) is 3. The smallest absolute Gasteiger partial charge is 0.272 e. The molecule has 0 saturated heterocycles. The molecule has 3 heterocycles. The average Bonchev–Trinajstić information content (AvgIpc) is 2.91. The largest absolute Gasteiger partial charge is 0.280 e. The number of aryl methyl sites for hydroxylation is 2. The molecule has 0 aromatic carbocycles. The van der Waals surface area contributed by atoms with E-state index in [-0.39, 0.29) is 16.4 Å². The molecule has 0 aliphatic rings. The van der Waals surface area contributed by atoms with E-state index < -0.39 is 6.43 Å². The maximum absolute atomic E-state index is 13.3. The van der Waals surface area contributed by atoms with Crippen molar-refractivity contribution in [2.45, 2.75) is 20.3 Å². The molecule has 5 nitrogen and oxygen atoms in total. The fourth-order valence-corrected chi connectivity index (χ4v) is 2.32. The maximum Gasteiger partial charge on any atom is 0.280 e. The highest BCUT2D eigenvalue weighted by atomic mass is 35.5. The predicted octanol–water partition coefficient (Wildman–Crippen LogP) is 3.34. The molecule has 3 aromatic heterocycles. The molecule has 0 bridgehead atoms. The van der Waals surface area contributed by atoms with Crippen molar-refractivity contribution in [3.05, 3.63) is 34.4 Å². The van der Waals surface area contributed by atoms with Crippen LogP contribution >= 0.6 is 11.6 Å². The number of halogens is 3. The van der Waals surface area contributed by atoms with Crippen LogP contribution in [-0.2, 0) is 7.05 Å². The summed E-state index contributed by atoms with van der Waals surface area (Å²) in [7, 11) is 1.78. The van der Waals surface area contributed by atoms with Crippen molar-refractivity contribution in [1.29, 1.82) is 0 Å². The molecule has 21 heavy (non-hydrogen) atoms. The predicted molar refractivity (Wildman–Crippen MR) is 74.6 cm³/mol. The van der Waals surface area contributed by atoms with E-state index in [4.69, 9.17) is 11.6 Å². The van der Waals surface area contributed by atoms with Gasteiger partial charge in [-0.3, -0.25) is 4.68 Å². The van der Waals surface area contributed by atoms with Crippen molar-refractivity contribution in [2.75, 3.05) is 0 Å². The first-order valence-electron chi connectivity index (χ1n) is 6.23. The first-order chi connectivity index (χ1) is 9.90. The van der Waals surface area contributed by atoms with Gasteiger partial charge in [-0.05, 0) is 19.9 Å². The van der Waals surface area contributed by atoms with Gasteiger partial charge in [0.2, 0.25) is 0 Å². The fraction of sp³-hybridized carbons (Fsp3) is 0.308. The van der Waals surface area contributed by atoms with Crippen LogP contribution in [0.1, 0.15) is 23.5 Å². The minimum absolute atomic E-state index is 0.227. The summed E-state index contributed by atoms with van der Waals surface area (Å²) in [5.74, 6) is 0. The number of nitrogens with zero attached hydrogens (tertiary/aromatic N) is 5. The fourth-order valence-electron chi connectivity index (χ4n) is 2.16. The molecular weight excluding hydrogens is 300 g/mol. The van der Waals surface area contributed by atoms with Gasteiger partial charge in [-0.25, -0.2) is 18.3 Å². The highest BCUT2D eigenvalue weighted by molar-refractivity contribution is 6.34. The molecule has 0 saturated carbocycles. The van der Waals surface area contributed by atoms with Crippen molar-refractivity contribution in [2.24, 2.45) is 7.05 Å². The molecule has 0 unspecified atom stereocenters. The Morgan fingerprint density at radius 3 is 2.57 bits per heavy atom. The second-order valence-electron chi connectivity index (χ2n) is 4.77. The molecule has 0 radical (unpaired) electrons. The Balaban J connectivity index is 2.35. The van der Waals surface area contributed by atoms with Crippen LogP contribution < -0.4 is 0 Å². The standard InChI is InChI=1S/C13H12ClF2N5/c1-6-11(14)13-18-9(8-5-17-20(3)7(8)2)4-10(12(15)16)21(13)19-6/h4-5,12H,1-3H3. The normalized spacial score (nSPS) is 11.8. The Bertz CT molecular complexity index is 837. The van der Waals surface area contributed by atoms with Gasteiger partial charge in [0.15, 0.2) is 5.65 Å². The highest BCUT2D eigenvalue weighted by Gasteiger charge is 2.21. The molecule has 3 aromatic rings. The van der Waals surface area contributed by atoms with E-state index in [1.165, 1.54) is 6.07 Å². The number of fused-ring (bicyclic) bond motifs is 1. The van der Waals surface area contributed by atoms with E-state index in [2.05, 4.69) is 15.2 Å². The topological polar surface area (TPSA) is 48.0 Å². The molecule has 8 heteroatoms. The third-order valence-corrected chi connectivity index (χ3v) is 3.90. The van der Waals surface area contributed by atoms with Crippen LogP contribution in [0.25, 0.3) is 16.9 Å². The van der Waals surface area contributed by atoms with Crippen molar-refractivity contribution in [1.82, 2.24) is 24.4 Å². The van der Waals surface area contributed by atoms with Crippen LogP contribution in [0.5, 0.6) is 0 Å². The van der Waals surface area contributed by atoms with E-state index in [1.54, 1.807) is 24.9 Å². The Kier molecular flexibility index (Phi) is 3.16. The summed E-state index contributed by atoms with van der Waals surface area (Å²) >= 11 is 6.11. The lowest BCUT2D eigenvalue weighted by Gasteiger charge is -2.07. The van der Waals surface area contributed by atoms with Gasteiger partial charge in [0.05, 0.1) is 17.6 Å². The summed E-state index contributed by atoms with van der Waals surface area (Å²) in [6.07, 6.45) is -1.08. The third-order valence-electron chi connectivity index (χ3n) is 3.45. The van der Waals surface area contributed by atoms with Crippen molar-refractivity contribution >= 4 is 17.2 Å². The van der Waals surface area contributed by atoms with Crippen LogP contribution in [0.4, 0.5) is 8.78 Å². The lowest BCUT2D eigenvalue weighted by atomic mass is 10.1. The Morgan fingerprint density at radius 1 is 1.29 bits per heavy atom. The first-order valence-corrected chi connectivity index (χ1v) is 6.61. The molecule has 0 spiro atoms. The maximum atomic E-state index is 13.3. The van der Waals surface area contributed by atoms with Crippen LogP contribution in [0, 0.1) is 13.8 Å². The van der Waals surface area contributed by atoms with Gasteiger partial charge in [0.25, 0.3) is 6.43 Å². The van der Waals surface area contributed by atoms with Crippen molar-refractivity contribution < 1.29 is 8.78 Å². The molecule has 0 amide bonds. The summed E-state index contributed by atoms with van der Waals surface area (Å²) in [5.41, 5.74) is 2.38. The zero-order chi connectivity index (χ0) is 15.3. The summed E-state index contributed by atoms with van der Waals surface area (Å²) < 4.78 is 29.3. The summed E-state index contributed by atoms with van der Waals surface area (Å²) in [6.45, 7) is 3.50. The Morgan fingerprint density at radius 2 is 2.00 bits per heavy atom. The molecule has 110 valence electrons. The summed E-state index contributed by atoms with van der Waals surface area (Å²) in [4.78, 5) is 4.36. The molecule has 0 aliphatic heterocycles. The van der Waals surface area contributed by atoms with Gasteiger partial charge < -0.3 is 0 Å². The molecule has 3 rings (SSSR count). The second kappa shape index (κ2) is 4.77. The summed E-state index contributed by atoms with van der Waals surface area (Å²) in [5, 5.41) is 8.40. The molecule has 0 N–H and O–H groups in total. The van der Waals surface area contributed by atoms with Gasteiger partial charge in [-0.15, -0.1) is 0 Å². The average molecular weight is 312 g/mol.